The largest absolute Gasteiger partial charge is 0.388 e. The summed E-state index contributed by atoms with van der Waals surface area (Å²) in [4.78, 5) is 0. The molecule has 0 aromatic rings. The van der Waals surface area contributed by atoms with Crippen molar-refractivity contribution in [1.82, 2.24) is 0 Å². The molecule has 5 N–H and O–H groups in total. The highest BCUT2D eigenvalue weighted by Crippen LogP contribution is 2.20. The summed E-state index contributed by atoms with van der Waals surface area (Å²) in [6.07, 6.45) is -5.35. The van der Waals surface area contributed by atoms with E-state index in [4.69, 9.17) is 15.2 Å². The quantitative estimate of drug-likeness (QED) is 0.383. The predicted octanol–water partition coefficient (Wildman–Crippen LogP) is -2.60. The number of hydrogen-bond donors (Lipinski definition) is 4. The Bertz CT molecular complexity index is 147. The van der Waals surface area contributed by atoms with E-state index in [0.717, 1.165) is 0 Å². The topological polar surface area (TPSA) is 105 Å². The lowest BCUT2D eigenvalue weighted by Gasteiger charge is -2.39. The molecule has 78 valence electrons. The molecule has 6 nitrogen and oxygen atoms in total. The summed E-state index contributed by atoms with van der Waals surface area (Å²) in [6.45, 7) is 0.0603. The molecule has 0 aromatic carbocycles. The van der Waals surface area contributed by atoms with Crippen LogP contribution in [0.25, 0.3) is 0 Å². The molecule has 1 fully saturated rings. The minimum absolute atomic E-state index is 0.0603. The smallest absolute Gasteiger partial charge is 0.186 e. The van der Waals surface area contributed by atoms with Gasteiger partial charge in [0.15, 0.2) is 6.29 Å². The maximum atomic E-state index is 9.35. The normalized spacial score (nSPS) is 46.4. The van der Waals surface area contributed by atoms with Gasteiger partial charge in [0.25, 0.3) is 0 Å². The molecular weight excluding hydrogens is 178 g/mol. The molecule has 0 bridgehead atoms. The van der Waals surface area contributed by atoms with Crippen LogP contribution in [0.1, 0.15) is 0 Å². The van der Waals surface area contributed by atoms with Crippen molar-refractivity contribution in [2.24, 2.45) is 5.73 Å². The first-order valence-corrected chi connectivity index (χ1v) is 4.04. The highest BCUT2D eigenvalue weighted by atomic mass is 16.7. The molecule has 2 unspecified atom stereocenters. The van der Waals surface area contributed by atoms with Crippen molar-refractivity contribution >= 4 is 0 Å². The zero-order valence-electron chi connectivity index (χ0n) is 7.33. The molecule has 0 amide bonds. The summed E-state index contributed by atoms with van der Waals surface area (Å²) < 4.78 is 9.83. The Hall–Kier alpha value is -0.240. The Kier molecular flexibility index (Phi) is 3.60. The van der Waals surface area contributed by atoms with Crippen molar-refractivity contribution in [3.63, 3.8) is 0 Å². The summed E-state index contributed by atoms with van der Waals surface area (Å²) in [5.74, 6) is 0. The molecule has 5 atom stereocenters. The molecule has 1 saturated heterocycles. The number of aliphatic hydroxyl groups is 3. The van der Waals surface area contributed by atoms with Crippen LogP contribution >= 0.6 is 0 Å². The van der Waals surface area contributed by atoms with Gasteiger partial charge in [0.2, 0.25) is 0 Å². The lowest BCUT2D eigenvalue weighted by Crippen LogP contribution is -2.59. The number of ether oxygens (including phenoxy) is 2. The molecule has 6 heteroatoms. The molecule has 0 saturated carbocycles. The van der Waals surface area contributed by atoms with Gasteiger partial charge in [-0.2, -0.15) is 0 Å². The van der Waals surface area contributed by atoms with E-state index in [1.165, 1.54) is 7.11 Å². The number of hydrogen-bond acceptors (Lipinski definition) is 6. The van der Waals surface area contributed by atoms with Crippen LogP contribution in [-0.4, -0.2) is 59.7 Å². The molecule has 1 rings (SSSR count). The van der Waals surface area contributed by atoms with Crippen LogP contribution in [0.2, 0.25) is 0 Å². The lowest BCUT2D eigenvalue weighted by molar-refractivity contribution is -0.287. The van der Waals surface area contributed by atoms with Crippen molar-refractivity contribution in [1.29, 1.82) is 0 Å². The third-order valence-electron chi connectivity index (χ3n) is 2.13. The van der Waals surface area contributed by atoms with Gasteiger partial charge in [0, 0.05) is 13.7 Å². The van der Waals surface area contributed by atoms with E-state index in [1.807, 2.05) is 0 Å². The summed E-state index contributed by atoms with van der Waals surface area (Å²) >= 11 is 0. The fourth-order valence-corrected chi connectivity index (χ4v) is 1.31. The summed E-state index contributed by atoms with van der Waals surface area (Å²) in [5.41, 5.74) is 5.28. The van der Waals surface area contributed by atoms with Crippen LogP contribution in [0.5, 0.6) is 0 Å². The van der Waals surface area contributed by atoms with Crippen LogP contribution in [0.3, 0.4) is 0 Å². The fraction of sp³-hybridized carbons (Fsp3) is 1.00. The minimum atomic E-state index is -1.28. The van der Waals surface area contributed by atoms with Crippen molar-refractivity contribution in [3.8, 4) is 0 Å². The van der Waals surface area contributed by atoms with Crippen molar-refractivity contribution < 1.29 is 24.8 Å². The number of aliphatic hydroxyl groups excluding tert-OH is 3. The zero-order valence-corrected chi connectivity index (χ0v) is 7.33. The van der Waals surface area contributed by atoms with Crippen molar-refractivity contribution in [2.75, 3.05) is 13.7 Å². The highest BCUT2D eigenvalue weighted by molar-refractivity contribution is 4.89. The molecule has 13 heavy (non-hydrogen) atoms. The van der Waals surface area contributed by atoms with E-state index >= 15 is 0 Å². The predicted molar refractivity (Wildman–Crippen MR) is 42.7 cm³/mol. The summed E-state index contributed by atoms with van der Waals surface area (Å²) in [6, 6.07) is 0. The number of nitrogens with two attached hydrogens (primary N) is 1. The van der Waals surface area contributed by atoms with Gasteiger partial charge in [0.1, 0.15) is 24.4 Å². The average molecular weight is 193 g/mol. The van der Waals surface area contributed by atoms with E-state index in [1.54, 1.807) is 0 Å². The fourth-order valence-electron chi connectivity index (χ4n) is 1.31. The summed E-state index contributed by atoms with van der Waals surface area (Å²) in [5, 5.41) is 28.0. The van der Waals surface area contributed by atoms with E-state index in [2.05, 4.69) is 0 Å². The van der Waals surface area contributed by atoms with Crippen LogP contribution < -0.4 is 5.73 Å². The minimum Gasteiger partial charge on any atom is -0.388 e. The average Bonchev–Trinajstić information content (AvgIpc) is 2.15. The third kappa shape index (κ3) is 1.98. The highest BCUT2D eigenvalue weighted by Gasteiger charge is 2.43. The Morgan fingerprint density at radius 2 is 1.85 bits per heavy atom. The standard InChI is InChI=1S/C7H15NO5/c1-12-7-6(11)5(10)4(9)3(2-8)13-7/h3-7,9-11H,2,8H2,1H3/t3?,4?,5-,6-,7+/m0/s1. The van der Waals surface area contributed by atoms with Crippen LogP contribution in [-0.2, 0) is 9.47 Å². The zero-order chi connectivity index (χ0) is 10.0. The van der Waals surface area contributed by atoms with Crippen molar-refractivity contribution in [3.05, 3.63) is 0 Å². The van der Waals surface area contributed by atoms with Crippen molar-refractivity contribution in [2.45, 2.75) is 30.7 Å². The second-order valence-corrected chi connectivity index (χ2v) is 2.99. The molecule has 0 radical (unpaired) electrons. The lowest BCUT2D eigenvalue weighted by atomic mass is 9.99. The molecule has 1 aliphatic heterocycles. The second kappa shape index (κ2) is 4.32. The molecule has 1 aliphatic rings. The first-order chi connectivity index (χ1) is 6.11. The van der Waals surface area contributed by atoms with E-state index < -0.39 is 30.7 Å². The second-order valence-electron chi connectivity index (χ2n) is 2.99. The monoisotopic (exact) mass is 193 g/mol. The van der Waals surface area contributed by atoms with E-state index in [9.17, 15) is 15.3 Å². The summed E-state index contributed by atoms with van der Waals surface area (Å²) in [7, 11) is 1.34. The van der Waals surface area contributed by atoms with Gasteiger partial charge in [-0.05, 0) is 0 Å². The van der Waals surface area contributed by atoms with Gasteiger partial charge in [-0.3, -0.25) is 0 Å². The maximum absolute atomic E-state index is 9.35. The van der Waals surface area contributed by atoms with Gasteiger partial charge in [-0.25, -0.2) is 0 Å². The molecule has 0 spiro atoms. The number of rotatable bonds is 2. The maximum Gasteiger partial charge on any atom is 0.186 e. The van der Waals surface area contributed by atoms with Gasteiger partial charge < -0.3 is 30.5 Å². The van der Waals surface area contributed by atoms with Crippen LogP contribution in [0, 0.1) is 0 Å². The van der Waals surface area contributed by atoms with Gasteiger partial charge in [-0.1, -0.05) is 0 Å². The Labute approximate surface area is 75.9 Å². The Morgan fingerprint density at radius 3 is 2.31 bits per heavy atom. The van der Waals surface area contributed by atoms with E-state index in [0.29, 0.717) is 0 Å². The molecular formula is C7H15NO5. The molecule has 0 aliphatic carbocycles. The van der Waals surface area contributed by atoms with Gasteiger partial charge in [0.05, 0.1) is 0 Å². The van der Waals surface area contributed by atoms with E-state index in [-0.39, 0.29) is 6.54 Å². The van der Waals surface area contributed by atoms with Gasteiger partial charge in [-0.15, -0.1) is 0 Å². The molecule has 1 heterocycles. The van der Waals surface area contributed by atoms with Gasteiger partial charge >= 0.3 is 0 Å². The first-order valence-electron chi connectivity index (χ1n) is 4.04. The Morgan fingerprint density at radius 1 is 1.23 bits per heavy atom. The first kappa shape index (κ1) is 10.8. The van der Waals surface area contributed by atoms with Crippen LogP contribution in [0.4, 0.5) is 0 Å². The third-order valence-corrected chi connectivity index (χ3v) is 2.13. The molecule has 0 aromatic heterocycles. The Balaban J connectivity index is 2.66. The SMILES string of the molecule is CO[C@@H]1OC(CN)C(O)[C@H](O)[C@@H]1O. The number of methoxy groups -OCH3 is 1. The van der Waals surface area contributed by atoms with Crippen LogP contribution in [0.15, 0.2) is 0 Å².